The summed E-state index contributed by atoms with van der Waals surface area (Å²) in [5.74, 6) is 0.863. The van der Waals surface area contributed by atoms with Gasteiger partial charge in [-0.25, -0.2) is 4.98 Å². The summed E-state index contributed by atoms with van der Waals surface area (Å²) >= 11 is 0. The van der Waals surface area contributed by atoms with Gasteiger partial charge in [0.15, 0.2) is 0 Å². The van der Waals surface area contributed by atoms with Gasteiger partial charge in [-0.2, -0.15) is 0 Å². The van der Waals surface area contributed by atoms with Crippen molar-refractivity contribution in [3.8, 4) is 0 Å². The maximum absolute atomic E-state index is 5.35. The highest BCUT2D eigenvalue weighted by molar-refractivity contribution is 5.29. The first-order valence-electron chi connectivity index (χ1n) is 5.42. The second-order valence-electron chi connectivity index (χ2n) is 4.46. The summed E-state index contributed by atoms with van der Waals surface area (Å²) in [6.07, 6.45) is 3.86. The van der Waals surface area contributed by atoms with Crippen molar-refractivity contribution in [2.24, 2.45) is 0 Å². The van der Waals surface area contributed by atoms with E-state index in [0.29, 0.717) is 0 Å². The third-order valence-corrected chi connectivity index (χ3v) is 2.45. The summed E-state index contributed by atoms with van der Waals surface area (Å²) < 4.78 is 7.38. The van der Waals surface area contributed by atoms with Gasteiger partial charge in [0.2, 0.25) is 5.95 Å². The van der Waals surface area contributed by atoms with Gasteiger partial charge in [-0.3, -0.25) is 0 Å². The molecule has 0 saturated heterocycles. The first-order valence-corrected chi connectivity index (χ1v) is 5.42. The highest BCUT2D eigenvalue weighted by Crippen LogP contribution is 2.12. The van der Waals surface area contributed by atoms with Crippen LogP contribution < -0.4 is 5.32 Å². The molecule has 0 aromatic carbocycles. The predicted molar refractivity (Wildman–Crippen MR) is 66.7 cm³/mol. The molecule has 0 spiro atoms. The average Bonchev–Trinajstić information content (AvgIpc) is 2.57. The van der Waals surface area contributed by atoms with Crippen molar-refractivity contribution in [3.05, 3.63) is 24.5 Å². The second kappa shape index (κ2) is 5.16. The molecule has 1 N–H and O–H groups in total. The highest BCUT2D eigenvalue weighted by Gasteiger charge is 2.17. The minimum Gasteiger partial charge on any atom is -0.377 e. The van der Waals surface area contributed by atoms with E-state index in [4.69, 9.17) is 4.74 Å². The zero-order valence-corrected chi connectivity index (χ0v) is 10.6. The molecule has 0 saturated carbocycles. The molecular weight excluding hydrogens is 202 g/mol. The Morgan fingerprint density at radius 1 is 1.62 bits per heavy atom. The second-order valence-corrected chi connectivity index (χ2v) is 4.46. The Labute approximate surface area is 97.3 Å². The fraction of sp³-hybridized carbons (Fsp3) is 0.583. The topological polar surface area (TPSA) is 39.1 Å². The monoisotopic (exact) mass is 223 g/mol. The fourth-order valence-electron chi connectivity index (χ4n) is 1.33. The molecule has 0 aliphatic rings. The zero-order valence-electron chi connectivity index (χ0n) is 10.6. The van der Waals surface area contributed by atoms with Gasteiger partial charge in [0.1, 0.15) is 0 Å². The van der Waals surface area contributed by atoms with E-state index in [2.05, 4.69) is 16.9 Å². The Morgan fingerprint density at radius 3 is 2.88 bits per heavy atom. The number of nitrogens with zero attached hydrogens (tertiary/aromatic N) is 2. The van der Waals surface area contributed by atoms with Gasteiger partial charge in [0.25, 0.3) is 0 Å². The van der Waals surface area contributed by atoms with Crippen LogP contribution in [0.5, 0.6) is 0 Å². The number of nitrogens with one attached hydrogen (secondary N) is 1. The van der Waals surface area contributed by atoms with Crippen LogP contribution in [0.15, 0.2) is 18.9 Å². The number of aromatic nitrogens is 2. The van der Waals surface area contributed by atoms with E-state index >= 15 is 0 Å². The lowest BCUT2D eigenvalue weighted by molar-refractivity contribution is 0.0342. The van der Waals surface area contributed by atoms with E-state index in [1.165, 1.54) is 0 Å². The standard InChI is InChI=1S/C12H21N3O/c1-6-7-15-8-10(2)14-11(15)13-9-12(3,4)16-5/h6,8H,1,7,9H2,2-5H3,(H,13,14). The van der Waals surface area contributed by atoms with Crippen molar-refractivity contribution < 1.29 is 4.74 Å². The molecule has 0 fully saturated rings. The molecule has 0 aliphatic carbocycles. The Kier molecular flexibility index (Phi) is 4.12. The predicted octanol–water partition coefficient (Wildman–Crippen LogP) is 2.21. The molecule has 4 nitrogen and oxygen atoms in total. The van der Waals surface area contributed by atoms with Gasteiger partial charge in [0, 0.05) is 26.4 Å². The van der Waals surface area contributed by atoms with Gasteiger partial charge in [0.05, 0.1) is 11.3 Å². The Bertz CT molecular complexity index is 355. The minimum absolute atomic E-state index is 0.196. The van der Waals surface area contributed by atoms with Crippen molar-refractivity contribution >= 4 is 5.95 Å². The molecule has 0 atom stereocenters. The van der Waals surface area contributed by atoms with Gasteiger partial charge in [-0.1, -0.05) is 6.08 Å². The maximum Gasteiger partial charge on any atom is 0.203 e. The molecule has 1 aromatic rings. The highest BCUT2D eigenvalue weighted by atomic mass is 16.5. The molecule has 16 heavy (non-hydrogen) atoms. The first kappa shape index (κ1) is 12.8. The van der Waals surface area contributed by atoms with Crippen molar-refractivity contribution in [3.63, 3.8) is 0 Å². The van der Waals surface area contributed by atoms with Crippen LogP contribution in [-0.2, 0) is 11.3 Å². The number of imidazole rings is 1. The van der Waals surface area contributed by atoms with Crippen molar-refractivity contribution in [1.29, 1.82) is 0 Å². The van der Waals surface area contributed by atoms with Crippen LogP contribution in [0, 0.1) is 6.92 Å². The molecule has 4 heteroatoms. The number of allylic oxidation sites excluding steroid dienone is 1. The third kappa shape index (κ3) is 3.38. The molecule has 0 radical (unpaired) electrons. The van der Waals surface area contributed by atoms with Crippen LogP contribution in [0.3, 0.4) is 0 Å². The van der Waals surface area contributed by atoms with Crippen molar-refractivity contribution in [2.45, 2.75) is 32.9 Å². The van der Waals surface area contributed by atoms with Crippen LogP contribution in [0.25, 0.3) is 0 Å². The summed E-state index contributed by atoms with van der Waals surface area (Å²) in [5.41, 5.74) is 0.804. The van der Waals surface area contributed by atoms with Crippen LogP contribution in [-0.4, -0.2) is 28.8 Å². The van der Waals surface area contributed by atoms with Crippen LogP contribution in [0.1, 0.15) is 19.5 Å². The fourth-order valence-corrected chi connectivity index (χ4v) is 1.33. The molecule has 1 heterocycles. The number of hydrogen-bond donors (Lipinski definition) is 1. The van der Waals surface area contributed by atoms with Gasteiger partial charge < -0.3 is 14.6 Å². The molecule has 0 amide bonds. The van der Waals surface area contributed by atoms with E-state index < -0.39 is 0 Å². The Morgan fingerprint density at radius 2 is 2.31 bits per heavy atom. The summed E-state index contributed by atoms with van der Waals surface area (Å²) in [5, 5.41) is 3.29. The van der Waals surface area contributed by atoms with E-state index in [-0.39, 0.29) is 5.60 Å². The number of rotatable bonds is 6. The number of methoxy groups -OCH3 is 1. The Balaban J connectivity index is 2.69. The summed E-state index contributed by atoms with van der Waals surface area (Å²) in [7, 11) is 1.71. The third-order valence-electron chi connectivity index (χ3n) is 2.45. The first-order chi connectivity index (χ1) is 7.48. The lowest BCUT2D eigenvalue weighted by Gasteiger charge is -2.23. The largest absolute Gasteiger partial charge is 0.377 e. The summed E-state index contributed by atoms with van der Waals surface area (Å²) in [4.78, 5) is 4.42. The van der Waals surface area contributed by atoms with Crippen LogP contribution in [0.4, 0.5) is 5.95 Å². The lowest BCUT2D eigenvalue weighted by Crippen LogP contribution is -2.32. The zero-order chi connectivity index (χ0) is 12.2. The van der Waals surface area contributed by atoms with Crippen molar-refractivity contribution in [1.82, 2.24) is 9.55 Å². The van der Waals surface area contributed by atoms with Crippen LogP contribution >= 0.6 is 0 Å². The smallest absolute Gasteiger partial charge is 0.203 e. The van der Waals surface area contributed by atoms with Gasteiger partial charge in [-0.15, -0.1) is 6.58 Å². The normalized spacial score (nSPS) is 11.5. The molecule has 1 rings (SSSR count). The molecule has 90 valence electrons. The summed E-state index contributed by atoms with van der Waals surface area (Å²) in [6.45, 7) is 11.3. The minimum atomic E-state index is -0.196. The molecular formula is C12H21N3O. The number of anilines is 1. The summed E-state index contributed by atoms with van der Waals surface area (Å²) in [6, 6.07) is 0. The van der Waals surface area contributed by atoms with E-state index in [1.807, 2.05) is 37.6 Å². The molecule has 0 bridgehead atoms. The molecule has 0 aliphatic heterocycles. The van der Waals surface area contributed by atoms with Gasteiger partial charge >= 0.3 is 0 Å². The average molecular weight is 223 g/mol. The van der Waals surface area contributed by atoms with E-state index in [1.54, 1.807) is 7.11 Å². The lowest BCUT2D eigenvalue weighted by atomic mass is 10.1. The van der Waals surface area contributed by atoms with Crippen LogP contribution in [0.2, 0.25) is 0 Å². The molecule has 1 aromatic heterocycles. The van der Waals surface area contributed by atoms with Crippen molar-refractivity contribution in [2.75, 3.05) is 19.0 Å². The molecule has 0 unspecified atom stereocenters. The SMILES string of the molecule is C=CCn1cc(C)nc1NCC(C)(C)OC. The van der Waals surface area contributed by atoms with Gasteiger partial charge in [-0.05, 0) is 20.8 Å². The number of hydrogen-bond acceptors (Lipinski definition) is 3. The van der Waals surface area contributed by atoms with E-state index in [0.717, 1.165) is 24.7 Å². The number of ether oxygens (including phenoxy) is 1. The maximum atomic E-state index is 5.35. The number of aryl methyl sites for hydroxylation is 1. The Hall–Kier alpha value is -1.29. The van der Waals surface area contributed by atoms with E-state index in [9.17, 15) is 0 Å². The quantitative estimate of drug-likeness (QED) is 0.752.